The van der Waals surface area contributed by atoms with Crippen LogP contribution in [0.5, 0.6) is 0 Å². The van der Waals surface area contributed by atoms with Crippen LogP contribution in [0.1, 0.15) is 81.2 Å². The summed E-state index contributed by atoms with van der Waals surface area (Å²) in [5.41, 5.74) is -0.0269. The zero-order valence-corrected chi connectivity index (χ0v) is 48.0. The maximum absolute atomic E-state index is 15.0. The molecule has 0 saturated carbocycles. The minimum absolute atomic E-state index is 0.00499. The van der Waals surface area contributed by atoms with Crippen LogP contribution in [0.15, 0.2) is 184 Å². The molecule has 416 valence electrons. The first-order valence-corrected chi connectivity index (χ1v) is 30.0. The summed E-state index contributed by atoms with van der Waals surface area (Å²) in [5, 5.41) is 14.9. The van der Waals surface area contributed by atoms with Crippen LogP contribution in [0, 0.1) is 0 Å². The first-order valence-electron chi connectivity index (χ1n) is 25.4. The van der Waals surface area contributed by atoms with Gasteiger partial charge in [0.1, 0.15) is 34.0 Å². The number of carbonyl (C=O) groups is 5. The zero-order valence-electron chi connectivity index (χ0n) is 44.7. The van der Waals surface area contributed by atoms with Crippen LogP contribution in [-0.4, -0.2) is 100 Å². The number of oxime groups is 1. The SMILES string of the molecule is CC(C)(C)OC(=O)NCCS(=O)(=O)C/C=C\SC1=C(C(=O)OC(c2ccccc2)c2ccccc2)N2C(=O)C(NC(=O)/C(=N\OC(c3ccccc3)(c3ccccc3)c3ccccc3)c3csc(NC(=O)OC(C)(C)C)n3)[C@H]2SC1. The molecule has 17 nitrogen and oxygen atoms in total. The van der Waals surface area contributed by atoms with Crippen LogP contribution >= 0.6 is 34.9 Å². The number of thiazole rings is 1. The van der Waals surface area contributed by atoms with Gasteiger partial charge in [-0.2, -0.15) is 0 Å². The number of benzene rings is 5. The average Bonchev–Trinajstić information content (AvgIpc) is 3.96. The van der Waals surface area contributed by atoms with E-state index in [0.717, 1.165) is 23.1 Å². The van der Waals surface area contributed by atoms with Crippen molar-refractivity contribution in [3.8, 4) is 0 Å². The lowest BCUT2D eigenvalue weighted by Crippen LogP contribution is -2.71. The maximum atomic E-state index is 15.0. The fourth-order valence-electron chi connectivity index (χ4n) is 8.48. The van der Waals surface area contributed by atoms with E-state index in [1.165, 1.54) is 33.5 Å². The first kappa shape index (κ1) is 58.4. The number of nitrogens with zero attached hydrogens (tertiary/aromatic N) is 3. The lowest BCUT2D eigenvalue weighted by atomic mass is 9.80. The van der Waals surface area contributed by atoms with Gasteiger partial charge < -0.3 is 29.7 Å². The second kappa shape index (κ2) is 25.6. The summed E-state index contributed by atoms with van der Waals surface area (Å²) in [5.74, 6) is -2.91. The van der Waals surface area contributed by atoms with E-state index in [4.69, 9.17) is 19.0 Å². The third-order valence-corrected chi connectivity index (χ3v) is 16.7. The predicted octanol–water partition coefficient (Wildman–Crippen LogP) is 10.3. The van der Waals surface area contributed by atoms with E-state index in [1.54, 1.807) is 41.5 Å². The Hall–Kier alpha value is -7.72. The number of anilines is 1. The number of β-lactam (4-membered cyclic amide) rings is 1. The number of carbonyl (C=O) groups excluding carboxylic acids is 5. The predicted molar refractivity (Wildman–Crippen MR) is 311 cm³/mol. The molecule has 6 aromatic rings. The Bertz CT molecular complexity index is 3230. The standard InChI is InChI=1S/C59H60N6O11S4/c1-57(2,3)74-55(69)60-33-36-80(71,72)35-22-34-77-45-38-78-52-47(51(67)65(52)48(45)53(68)73-49(39-23-12-7-13-24-39)40-25-14-8-15-26-40)62-50(66)46(44-37-79-54(61-44)63-56(70)75-58(4,5)6)64-76-59(41-27-16-9-17-28-41,42-29-18-10-19-30-42)43-31-20-11-21-32-43/h7-32,34,37,47,49,52H,33,35-36,38H2,1-6H3,(H,60,69)(H,62,66)(H,61,63,70)/b34-22-,64-46-/t47?,52-/m1/s1. The van der Waals surface area contributed by atoms with E-state index in [9.17, 15) is 27.6 Å². The molecule has 4 amide bonds. The Morgan fingerprint density at radius 3 is 1.80 bits per heavy atom. The van der Waals surface area contributed by atoms with Crippen LogP contribution < -0.4 is 16.0 Å². The number of esters is 1. The Balaban J connectivity index is 1.11. The van der Waals surface area contributed by atoms with Gasteiger partial charge in [0.15, 0.2) is 26.8 Å². The molecule has 0 aliphatic carbocycles. The molecule has 3 heterocycles. The lowest BCUT2D eigenvalue weighted by Gasteiger charge is -2.49. The van der Waals surface area contributed by atoms with Gasteiger partial charge in [-0.15, -0.1) is 23.1 Å². The highest BCUT2D eigenvalue weighted by Gasteiger charge is 2.55. The van der Waals surface area contributed by atoms with Crippen molar-refractivity contribution in [3.63, 3.8) is 0 Å². The highest BCUT2D eigenvalue weighted by atomic mass is 32.2. The monoisotopic (exact) mass is 1160 g/mol. The van der Waals surface area contributed by atoms with Gasteiger partial charge in [-0.05, 0) is 58.1 Å². The van der Waals surface area contributed by atoms with Gasteiger partial charge in [-0.1, -0.05) is 175 Å². The van der Waals surface area contributed by atoms with Crippen LogP contribution in [0.25, 0.3) is 0 Å². The van der Waals surface area contributed by atoms with Crippen molar-refractivity contribution in [1.82, 2.24) is 20.5 Å². The van der Waals surface area contributed by atoms with E-state index in [2.05, 4.69) is 26.1 Å². The Kier molecular flexibility index (Phi) is 18.7. The second-order valence-corrected chi connectivity index (χ2v) is 25.4. The number of ether oxygens (including phenoxy) is 3. The van der Waals surface area contributed by atoms with Crippen molar-refractivity contribution < 1.29 is 51.4 Å². The fourth-order valence-corrected chi connectivity index (χ4v) is 12.6. The molecule has 0 spiro atoms. The summed E-state index contributed by atoms with van der Waals surface area (Å²) in [6, 6.07) is 45.2. The smallest absolute Gasteiger partial charge is 0.413 e. The number of alkyl carbamates (subject to hydrolysis) is 1. The summed E-state index contributed by atoms with van der Waals surface area (Å²) in [4.78, 5) is 82.7. The van der Waals surface area contributed by atoms with Crippen molar-refractivity contribution in [2.24, 2.45) is 5.16 Å². The summed E-state index contributed by atoms with van der Waals surface area (Å²) in [6.45, 7) is 10.1. The topological polar surface area (TPSA) is 221 Å². The van der Waals surface area contributed by atoms with E-state index in [1.807, 2.05) is 152 Å². The van der Waals surface area contributed by atoms with Crippen LogP contribution in [0.4, 0.5) is 14.7 Å². The number of rotatable bonds is 20. The number of nitrogens with one attached hydrogen (secondary N) is 3. The number of amides is 4. The quantitative estimate of drug-likeness (QED) is 0.0162. The van der Waals surface area contributed by atoms with Crippen molar-refractivity contribution in [1.29, 1.82) is 0 Å². The first-order chi connectivity index (χ1) is 38.2. The molecule has 5 aromatic carbocycles. The molecule has 3 N–H and O–H groups in total. The van der Waals surface area contributed by atoms with Crippen molar-refractivity contribution in [3.05, 3.63) is 213 Å². The van der Waals surface area contributed by atoms with Gasteiger partial charge in [0.25, 0.3) is 11.8 Å². The number of sulfone groups is 1. The van der Waals surface area contributed by atoms with Crippen LogP contribution in [-0.2, 0) is 48.9 Å². The van der Waals surface area contributed by atoms with E-state index in [-0.39, 0.29) is 46.0 Å². The summed E-state index contributed by atoms with van der Waals surface area (Å²) in [6.07, 6.45) is -0.969. The molecule has 21 heteroatoms. The number of thioether (sulfide) groups is 2. The van der Waals surface area contributed by atoms with Gasteiger partial charge in [0.05, 0.1) is 11.5 Å². The molecule has 1 saturated heterocycles. The number of hydrogen-bond acceptors (Lipinski definition) is 16. The summed E-state index contributed by atoms with van der Waals surface area (Å²) in [7, 11) is -3.69. The van der Waals surface area contributed by atoms with Crippen molar-refractivity contribution >= 4 is 85.5 Å². The van der Waals surface area contributed by atoms with E-state index in [0.29, 0.717) is 32.7 Å². The average molecular weight is 1160 g/mol. The third-order valence-electron chi connectivity index (χ3n) is 12.0. The molecule has 2 aliphatic heterocycles. The van der Waals surface area contributed by atoms with Gasteiger partial charge >= 0.3 is 18.2 Å². The minimum Gasteiger partial charge on any atom is -0.448 e. The molecule has 2 aliphatic rings. The van der Waals surface area contributed by atoms with Gasteiger partial charge in [0, 0.05) is 39.3 Å². The maximum Gasteiger partial charge on any atom is 0.413 e. The highest BCUT2D eigenvalue weighted by molar-refractivity contribution is 8.08. The molecule has 0 radical (unpaired) electrons. The Labute approximate surface area is 477 Å². The fraction of sp³-hybridized carbons (Fsp3) is 0.271. The van der Waals surface area contributed by atoms with Crippen LogP contribution in [0.2, 0.25) is 0 Å². The zero-order chi connectivity index (χ0) is 57.1. The number of aromatic nitrogens is 1. The van der Waals surface area contributed by atoms with Gasteiger partial charge in [0.2, 0.25) is 5.60 Å². The summed E-state index contributed by atoms with van der Waals surface area (Å²) < 4.78 is 43.1. The summed E-state index contributed by atoms with van der Waals surface area (Å²) >= 11 is 3.35. The highest BCUT2D eigenvalue weighted by Crippen LogP contribution is 2.45. The molecule has 80 heavy (non-hydrogen) atoms. The Morgan fingerprint density at radius 1 is 0.762 bits per heavy atom. The minimum atomic E-state index is -3.69. The van der Waals surface area contributed by atoms with Gasteiger partial charge in [-0.3, -0.25) is 19.8 Å². The molecular weight excluding hydrogens is 1100 g/mol. The second-order valence-electron chi connectivity index (χ2n) is 20.2. The number of fused-ring (bicyclic) bond motifs is 1. The van der Waals surface area contributed by atoms with Crippen molar-refractivity contribution in [2.75, 3.05) is 29.1 Å². The Morgan fingerprint density at radius 2 is 1.27 bits per heavy atom. The third kappa shape index (κ3) is 14.7. The molecule has 1 aromatic heterocycles. The molecular formula is C59H60N6O11S4. The number of hydrogen-bond donors (Lipinski definition) is 3. The molecule has 1 unspecified atom stereocenters. The van der Waals surface area contributed by atoms with Crippen LogP contribution in [0.3, 0.4) is 0 Å². The van der Waals surface area contributed by atoms with Gasteiger partial charge in [-0.25, -0.2) is 27.8 Å². The molecule has 8 rings (SSSR count). The molecule has 0 bridgehead atoms. The van der Waals surface area contributed by atoms with E-state index >= 15 is 4.79 Å². The largest absolute Gasteiger partial charge is 0.448 e. The normalized spacial score (nSPS) is 15.9. The lowest BCUT2D eigenvalue weighted by molar-refractivity contribution is -0.154. The molecule has 1 fully saturated rings. The van der Waals surface area contributed by atoms with E-state index < -0.39 is 74.1 Å². The van der Waals surface area contributed by atoms with Crippen molar-refractivity contribution in [2.45, 2.75) is 75.9 Å². The molecule has 2 atom stereocenters.